The fourth-order valence-electron chi connectivity index (χ4n) is 1.74. The molecular weight excluding hydrogens is 242 g/mol. The molecule has 116 valence electrons. The van der Waals surface area contributed by atoms with E-state index in [-0.39, 0.29) is 6.10 Å². The maximum Gasteiger partial charge on any atom is 0.303 e. The van der Waals surface area contributed by atoms with Crippen LogP contribution in [0.3, 0.4) is 0 Å². The maximum absolute atomic E-state index is 10.0. The summed E-state index contributed by atoms with van der Waals surface area (Å²) in [5, 5.41) is 17.2. The molecule has 4 nitrogen and oxygen atoms in total. The Morgan fingerprint density at radius 1 is 1.05 bits per heavy atom. The Hall–Kier alpha value is -0.610. The smallest absolute Gasteiger partial charge is 0.303 e. The van der Waals surface area contributed by atoms with Crippen molar-refractivity contribution in [2.75, 3.05) is 19.6 Å². The van der Waals surface area contributed by atoms with Gasteiger partial charge in [-0.2, -0.15) is 0 Å². The van der Waals surface area contributed by atoms with Crippen molar-refractivity contribution in [1.82, 2.24) is 4.90 Å². The van der Waals surface area contributed by atoms with Crippen molar-refractivity contribution in [2.45, 2.75) is 72.3 Å². The van der Waals surface area contributed by atoms with Gasteiger partial charge in [-0.25, -0.2) is 0 Å². The largest absolute Gasteiger partial charge is 0.481 e. The molecule has 0 amide bonds. The molecule has 0 bridgehead atoms. The number of hydrogen-bond acceptors (Lipinski definition) is 3. The first kappa shape index (κ1) is 20.7. The summed E-state index contributed by atoms with van der Waals surface area (Å²) in [5.41, 5.74) is 0. The summed E-state index contributed by atoms with van der Waals surface area (Å²) in [6.07, 6.45) is 5.69. The van der Waals surface area contributed by atoms with Gasteiger partial charge in [0.2, 0.25) is 0 Å². The van der Waals surface area contributed by atoms with Crippen LogP contribution < -0.4 is 0 Å². The molecule has 0 fully saturated rings. The summed E-state index contributed by atoms with van der Waals surface area (Å²) in [7, 11) is 0. The predicted molar refractivity (Wildman–Crippen MR) is 80.5 cm³/mol. The van der Waals surface area contributed by atoms with Gasteiger partial charge in [0.15, 0.2) is 0 Å². The number of aliphatic hydroxyl groups is 1. The fourth-order valence-corrected chi connectivity index (χ4v) is 1.74. The third kappa shape index (κ3) is 19.9. The quantitative estimate of drug-likeness (QED) is 0.601. The lowest BCUT2D eigenvalue weighted by atomic mass is 10.1. The first-order chi connectivity index (χ1) is 8.97. The molecule has 0 aliphatic carbocycles. The molecule has 2 N–H and O–H groups in total. The molecule has 0 aromatic heterocycles. The molecule has 0 aromatic rings. The maximum atomic E-state index is 10.0. The first-order valence-corrected chi connectivity index (χ1v) is 7.60. The number of aliphatic carboxylic acids is 1. The van der Waals surface area contributed by atoms with Crippen LogP contribution in [0.2, 0.25) is 0 Å². The highest BCUT2D eigenvalue weighted by Gasteiger charge is 2.01. The minimum absolute atomic E-state index is 0.190. The highest BCUT2D eigenvalue weighted by atomic mass is 16.4. The summed E-state index contributed by atoms with van der Waals surface area (Å²) in [6, 6.07) is 0. The van der Waals surface area contributed by atoms with Gasteiger partial charge >= 0.3 is 5.97 Å². The van der Waals surface area contributed by atoms with E-state index in [0.717, 1.165) is 32.5 Å². The zero-order chi connectivity index (χ0) is 15.1. The molecule has 0 spiro atoms. The Bertz CT molecular complexity index is 192. The zero-order valence-electron chi connectivity index (χ0n) is 13.2. The summed E-state index contributed by atoms with van der Waals surface area (Å²) < 4.78 is 0. The van der Waals surface area contributed by atoms with Crippen molar-refractivity contribution in [1.29, 1.82) is 0 Å². The molecule has 4 heteroatoms. The Balaban J connectivity index is 0. The normalized spacial score (nSPS) is 11.9. The predicted octanol–water partition coefficient (Wildman–Crippen LogP) is 3.14. The summed E-state index contributed by atoms with van der Waals surface area (Å²) in [5.74, 6) is -0.670. The van der Waals surface area contributed by atoms with Crippen LogP contribution in [-0.4, -0.2) is 46.8 Å². The molecule has 0 aliphatic rings. The van der Waals surface area contributed by atoms with E-state index >= 15 is 0 Å². The first-order valence-electron chi connectivity index (χ1n) is 7.60. The number of carboxylic acids is 1. The summed E-state index contributed by atoms with van der Waals surface area (Å²) in [6.45, 7) is 11.0. The topological polar surface area (TPSA) is 60.8 Å². The molecule has 19 heavy (non-hydrogen) atoms. The second-order valence-electron chi connectivity index (χ2n) is 4.89. The number of rotatable bonds is 10. The third-order valence-corrected chi connectivity index (χ3v) is 2.91. The van der Waals surface area contributed by atoms with Crippen LogP contribution in [0.25, 0.3) is 0 Å². The van der Waals surface area contributed by atoms with E-state index in [0.29, 0.717) is 6.42 Å². The molecule has 0 heterocycles. The van der Waals surface area contributed by atoms with E-state index < -0.39 is 5.97 Å². The molecule has 0 radical (unpaired) electrons. The van der Waals surface area contributed by atoms with Crippen molar-refractivity contribution in [2.24, 2.45) is 0 Å². The highest BCUT2D eigenvalue weighted by Crippen LogP contribution is 2.04. The van der Waals surface area contributed by atoms with E-state index in [1.165, 1.54) is 19.3 Å². The van der Waals surface area contributed by atoms with Gasteiger partial charge in [0.1, 0.15) is 0 Å². The molecule has 0 saturated carbocycles. The molecule has 0 aliphatic heterocycles. The average molecular weight is 275 g/mol. The van der Waals surface area contributed by atoms with Crippen molar-refractivity contribution in [3.63, 3.8) is 0 Å². The minimum Gasteiger partial charge on any atom is -0.481 e. The van der Waals surface area contributed by atoms with Crippen LogP contribution in [0.5, 0.6) is 0 Å². The number of aliphatic hydroxyl groups excluding tert-OH is 1. The highest BCUT2D eigenvalue weighted by molar-refractivity contribution is 5.66. The molecule has 0 aromatic carbocycles. The Labute approximate surface area is 118 Å². The summed E-state index contributed by atoms with van der Waals surface area (Å²) >= 11 is 0. The van der Waals surface area contributed by atoms with E-state index in [2.05, 4.69) is 25.7 Å². The van der Waals surface area contributed by atoms with Crippen LogP contribution >= 0.6 is 0 Å². The van der Waals surface area contributed by atoms with Gasteiger partial charge in [-0.15, -0.1) is 0 Å². The van der Waals surface area contributed by atoms with Crippen LogP contribution in [0.4, 0.5) is 0 Å². The van der Waals surface area contributed by atoms with Crippen LogP contribution in [-0.2, 0) is 4.79 Å². The van der Waals surface area contributed by atoms with E-state index in [1.54, 1.807) is 0 Å². The van der Waals surface area contributed by atoms with Gasteiger partial charge in [-0.3, -0.25) is 4.79 Å². The van der Waals surface area contributed by atoms with Gasteiger partial charge in [-0.05, 0) is 26.4 Å². The standard InChI is InChI=1S/C8H16O2.C7H17NO/c1-2-3-4-5-6-7-8(9)10;1-4-8(5-2)6-7(3)9/h2-7H2,1H3,(H,9,10);7,9H,4-6H2,1-3H3. The van der Waals surface area contributed by atoms with E-state index in [4.69, 9.17) is 10.2 Å². The van der Waals surface area contributed by atoms with Crippen LogP contribution in [0, 0.1) is 0 Å². The molecule has 0 saturated heterocycles. The van der Waals surface area contributed by atoms with Crippen molar-refractivity contribution in [3.05, 3.63) is 0 Å². The molecule has 0 rings (SSSR count). The van der Waals surface area contributed by atoms with Gasteiger partial charge in [-0.1, -0.05) is 46.5 Å². The van der Waals surface area contributed by atoms with Gasteiger partial charge in [0, 0.05) is 13.0 Å². The Kier molecular flexibility index (Phi) is 16.8. The second kappa shape index (κ2) is 15.4. The molecule has 1 atom stereocenters. The van der Waals surface area contributed by atoms with Gasteiger partial charge in [0.05, 0.1) is 6.10 Å². The lowest BCUT2D eigenvalue weighted by Crippen LogP contribution is -2.30. The average Bonchev–Trinajstić information content (AvgIpc) is 2.36. The SMILES string of the molecule is CCCCCCCC(=O)O.CCN(CC)CC(C)O. The molecular formula is C15H33NO3. The van der Waals surface area contributed by atoms with Crippen molar-refractivity contribution >= 4 is 5.97 Å². The summed E-state index contributed by atoms with van der Waals surface area (Å²) in [4.78, 5) is 12.2. The minimum atomic E-state index is -0.670. The second-order valence-corrected chi connectivity index (χ2v) is 4.89. The third-order valence-electron chi connectivity index (χ3n) is 2.91. The fraction of sp³-hybridized carbons (Fsp3) is 0.933. The Morgan fingerprint density at radius 3 is 1.89 bits per heavy atom. The van der Waals surface area contributed by atoms with Crippen LogP contribution in [0.1, 0.15) is 66.2 Å². The number of unbranched alkanes of at least 4 members (excludes halogenated alkanes) is 4. The zero-order valence-corrected chi connectivity index (χ0v) is 13.2. The van der Waals surface area contributed by atoms with Gasteiger partial charge < -0.3 is 15.1 Å². The Morgan fingerprint density at radius 2 is 1.58 bits per heavy atom. The number of nitrogens with zero attached hydrogens (tertiary/aromatic N) is 1. The number of carbonyl (C=O) groups is 1. The van der Waals surface area contributed by atoms with E-state index in [9.17, 15) is 4.79 Å². The van der Waals surface area contributed by atoms with E-state index in [1.807, 2.05) is 6.92 Å². The lowest BCUT2D eigenvalue weighted by molar-refractivity contribution is -0.137. The number of likely N-dealkylation sites (N-methyl/N-ethyl adjacent to an activating group) is 1. The monoisotopic (exact) mass is 275 g/mol. The number of carboxylic acid groups (broad SMARTS) is 1. The van der Waals surface area contributed by atoms with Crippen LogP contribution in [0.15, 0.2) is 0 Å². The van der Waals surface area contributed by atoms with Crippen molar-refractivity contribution in [3.8, 4) is 0 Å². The van der Waals surface area contributed by atoms with Crippen molar-refractivity contribution < 1.29 is 15.0 Å². The lowest BCUT2D eigenvalue weighted by Gasteiger charge is -2.18. The van der Waals surface area contributed by atoms with Gasteiger partial charge in [0.25, 0.3) is 0 Å². The number of hydrogen-bond donors (Lipinski definition) is 2. The molecule has 1 unspecified atom stereocenters.